The van der Waals surface area contributed by atoms with E-state index in [1.54, 1.807) is 12.1 Å². The zero-order valence-corrected chi connectivity index (χ0v) is 9.66. The van der Waals surface area contributed by atoms with E-state index in [4.69, 9.17) is 0 Å². The lowest BCUT2D eigenvalue weighted by molar-refractivity contribution is -0.384. The van der Waals surface area contributed by atoms with Gasteiger partial charge in [-0.1, -0.05) is 23.5 Å². The summed E-state index contributed by atoms with van der Waals surface area (Å²) in [5.74, 6) is 0. The molecule has 0 saturated carbocycles. The lowest BCUT2D eigenvalue weighted by Crippen LogP contribution is -1.87. The average molecular weight is 286 g/mol. The Morgan fingerprint density at radius 2 is 2.20 bits per heavy atom. The van der Waals surface area contributed by atoms with Gasteiger partial charge in [0.15, 0.2) is 3.92 Å². The molecule has 7 heteroatoms. The van der Waals surface area contributed by atoms with E-state index >= 15 is 0 Å². The number of nitro benzene ring substituents is 1. The maximum absolute atomic E-state index is 10.6. The van der Waals surface area contributed by atoms with Crippen LogP contribution < -0.4 is 0 Å². The third-order valence-corrected chi connectivity index (χ3v) is 3.11. The molecule has 1 heterocycles. The molecule has 15 heavy (non-hydrogen) atoms. The van der Waals surface area contributed by atoms with Gasteiger partial charge in [-0.2, -0.15) is 0 Å². The van der Waals surface area contributed by atoms with Crippen molar-refractivity contribution in [3.8, 4) is 10.6 Å². The standard InChI is InChI=1S/C8H4BrN3O2S/c9-8-11-10-7(15-8)5-2-1-3-6(4-5)12(13)14/h1-4H. The Hall–Kier alpha value is -1.34. The second kappa shape index (κ2) is 4.03. The van der Waals surface area contributed by atoms with Crippen LogP contribution in [0.3, 0.4) is 0 Å². The molecule has 0 N–H and O–H groups in total. The molecule has 1 aromatic carbocycles. The van der Waals surface area contributed by atoms with Gasteiger partial charge in [0.05, 0.1) is 4.92 Å². The fraction of sp³-hybridized carbons (Fsp3) is 0. The number of nitro groups is 1. The topological polar surface area (TPSA) is 68.9 Å². The zero-order valence-electron chi connectivity index (χ0n) is 7.25. The predicted octanol–water partition coefficient (Wildman–Crippen LogP) is 2.88. The summed E-state index contributed by atoms with van der Waals surface area (Å²) in [6, 6.07) is 6.31. The van der Waals surface area contributed by atoms with Crippen molar-refractivity contribution in [1.82, 2.24) is 10.2 Å². The average Bonchev–Trinajstić information content (AvgIpc) is 2.65. The summed E-state index contributed by atoms with van der Waals surface area (Å²) >= 11 is 4.52. The van der Waals surface area contributed by atoms with Crippen LogP contribution in [0, 0.1) is 10.1 Å². The highest BCUT2D eigenvalue weighted by Crippen LogP contribution is 2.28. The normalized spacial score (nSPS) is 10.2. The minimum atomic E-state index is -0.431. The molecule has 0 aliphatic carbocycles. The van der Waals surface area contributed by atoms with Gasteiger partial charge in [0, 0.05) is 17.7 Å². The molecule has 0 saturated heterocycles. The van der Waals surface area contributed by atoms with Crippen LogP contribution in [0.25, 0.3) is 10.6 Å². The van der Waals surface area contributed by atoms with E-state index in [0.29, 0.717) is 14.5 Å². The molecule has 1 aromatic heterocycles. The Morgan fingerprint density at radius 1 is 1.40 bits per heavy atom. The van der Waals surface area contributed by atoms with Crippen molar-refractivity contribution in [3.05, 3.63) is 38.3 Å². The first kappa shape index (κ1) is 10.2. The maximum Gasteiger partial charge on any atom is 0.270 e. The van der Waals surface area contributed by atoms with Crippen molar-refractivity contribution >= 4 is 33.0 Å². The van der Waals surface area contributed by atoms with Crippen molar-refractivity contribution in [2.75, 3.05) is 0 Å². The van der Waals surface area contributed by atoms with Crippen LogP contribution >= 0.6 is 27.3 Å². The maximum atomic E-state index is 10.6. The van der Waals surface area contributed by atoms with Gasteiger partial charge in [-0.25, -0.2) is 0 Å². The van der Waals surface area contributed by atoms with Crippen LogP contribution in [-0.2, 0) is 0 Å². The minimum absolute atomic E-state index is 0.0545. The SMILES string of the molecule is O=[N+]([O-])c1cccc(-c2nnc(Br)s2)c1. The summed E-state index contributed by atoms with van der Waals surface area (Å²) in [4.78, 5) is 10.1. The summed E-state index contributed by atoms with van der Waals surface area (Å²) in [6.45, 7) is 0. The molecule has 2 rings (SSSR count). The highest BCUT2D eigenvalue weighted by Gasteiger charge is 2.09. The summed E-state index contributed by atoms with van der Waals surface area (Å²) in [6.07, 6.45) is 0. The number of halogens is 1. The number of aromatic nitrogens is 2. The van der Waals surface area contributed by atoms with E-state index in [1.165, 1.54) is 23.5 Å². The van der Waals surface area contributed by atoms with Crippen LogP contribution in [-0.4, -0.2) is 15.1 Å². The van der Waals surface area contributed by atoms with Gasteiger partial charge in [0.1, 0.15) is 5.01 Å². The lowest BCUT2D eigenvalue weighted by Gasteiger charge is -1.94. The van der Waals surface area contributed by atoms with E-state index in [2.05, 4.69) is 26.1 Å². The Kier molecular flexibility index (Phi) is 2.74. The van der Waals surface area contributed by atoms with E-state index < -0.39 is 4.92 Å². The smallest absolute Gasteiger partial charge is 0.258 e. The molecule has 0 unspecified atom stereocenters. The molecule has 0 bridgehead atoms. The van der Waals surface area contributed by atoms with Crippen LogP contribution in [0.15, 0.2) is 28.2 Å². The Labute approximate surface area is 97.1 Å². The van der Waals surface area contributed by atoms with Crippen molar-refractivity contribution in [2.45, 2.75) is 0 Å². The van der Waals surface area contributed by atoms with Crippen molar-refractivity contribution < 1.29 is 4.92 Å². The molecule has 76 valence electrons. The van der Waals surface area contributed by atoms with Gasteiger partial charge in [0.25, 0.3) is 5.69 Å². The zero-order chi connectivity index (χ0) is 10.8. The summed E-state index contributed by atoms with van der Waals surface area (Å²) < 4.78 is 0.656. The molecule has 2 aromatic rings. The number of nitrogens with zero attached hydrogens (tertiary/aromatic N) is 3. The molecule has 0 fully saturated rings. The summed E-state index contributed by atoms with van der Waals surface area (Å²) in [5, 5.41) is 18.9. The Balaban J connectivity index is 2.45. The van der Waals surface area contributed by atoms with E-state index in [1.807, 2.05) is 0 Å². The fourth-order valence-corrected chi connectivity index (χ4v) is 2.18. The van der Waals surface area contributed by atoms with Gasteiger partial charge in [-0.3, -0.25) is 10.1 Å². The fourth-order valence-electron chi connectivity index (χ4n) is 1.07. The number of rotatable bonds is 2. The van der Waals surface area contributed by atoms with E-state index in [9.17, 15) is 10.1 Å². The molecule has 5 nitrogen and oxygen atoms in total. The van der Waals surface area contributed by atoms with E-state index in [-0.39, 0.29) is 5.69 Å². The first-order valence-corrected chi connectivity index (χ1v) is 5.51. The van der Waals surface area contributed by atoms with Gasteiger partial charge >= 0.3 is 0 Å². The second-order valence-corrected chi connectivity index (χ2v) is 4.92. The van der Waals surface area contributed by atoms with Crippen LogP contribution in [0.1, 0.15) is 0 Å². The quantitative estimate of drug-likeness (QED) is 0.628. The third-order valence-electron chi connectivity index (χ3n) is 1.70. The largest absolute Gasteiger partial charge is 0.270 e. The number of non-ortho nitro benzene ring substituents is 1. The van der Waals surface area contributed by atoms with Gasteiger partial charge in [-0.05, 0) is 15.9 Å². The first-order chi connectivity index (χ1) is 7.16. The Morgan fingerprint density at radius 3 is 2.80 bits per heavy atom. The molecular formula is C8H4BrN3O2S. The lowest BCUT2D eigenvalue weighted by atomic mass is 10.2. The molecule has 0 aliphatic rings. The minimum Gasteiger partial charge on any atom is -0.258 e. The van der Waals surface area contributed by atoms with Crippen LogP contribution in [0.2, 0.25) is 0 Å². The summed E-state index contributed by atoms with van der Waals surface area (Å²) in [7, 11) is 0. The van der Waals surface area contributed by atoms with E-state index in [0.717, 1.165) is 0 Å². The van der Waals surface area contributed by atoms with Crippen molar-refractivity contribution in [1.29, 1.82) is 0 Å². The molecule has 0 radical (unpaired) electrons. The number of hydrogen-bond donors (Lipinski definition) is 0. The summed E-state index contributed by atoms with van der Waals surface area (Å²) in [5.41, 5.74) is 0.756. The number of benzene rings is 1. The third kappa shape index (κ3) is 2.18. The Bertz CT molecular complexity index is 514. The monoisotopic (exact) mass is 285 g/mol. The molecule has 0 spiro atoms. The molecular weight excluding hydrogens is 282 g/mol. The van der Waals surface area contributed by atoms with Gasteiger partial charge in [-0.15, -0.1) is 10.2 Å². The molecule has 0 atom stereocenters. The van der Waals surface area contributed by atoms with Gasteiger partial charge < -0.3 is 0 Å². The predicted molar refractivity (Wildman–Crippen MR) is 59.7 cm³/mol. The number of hydrogen-bond acceptors (Lipinski definition) is 5. The van der Waals surface area contributed by atoms with Crippen molar-refractivity contribution in [3.63, 3.8) is 0 Å². The van der Waals surface area contributed by atoms with Gasteiger partial charge in [0.2, 0.25) is 0 Å². The first-order valence-electron chi connectivity index (χ1n) is 3.90. The van der Waals surface area contributed by atoms with Crippen LogP contribution in [0.4, 0.5) is 5.69 Å². The molecule has 0 aliphatic heterocycles. The van der Waals surface area contributed by atoms with Crippen molar-refractivity contribution in [2.24, 2.45) is 0 Å². The van der Waals surface area contributed by atoms with Crippen LogP contribution in [0.5, 0.6) is 0 Å². The molecule has 0 amide bonds. The highest BCUT2D eigenvalue weighted by molar-refractivity contribution is 9.11. The highest BCUT2D eigenvalue weighted by atomic mass is 79.9. The second-order valence-electron chi connectivity index (χ2n) is 2.67.